The standard InChI is InChI=1S/C24H24F3N3O3S/c1-17-28-20(16-34-17)15-32-21-8-4-19(5-9-21)23(31)30-12-10-29(11-13-30)14-18-2-6-22(7-3-18)33-24(25,26)27/h2-9,16H,10-15H2,1H3. The van der Waals surface area contributed by atoms with E-state index < -0.39 is 6.36 Å². The van der Waals surface area contributed by atoms with E-state index >= 15 is 0 Å². The average molecular weight is 492 g/mol. The lowest BCUT2D eigenvalue weighted by Crippen LogP contribution is -2.48. The summed E-state index contributed by atoms with van der Waals surface area (Å²) in [6.45, 7) is 5.45. The number of benzene rings is 2. The van der Waals surface area contributed by atoms with Gasteiger partial charge in [-0.15, -0.1) is 24.5 Å². The molecule has 1 amide bonds. The number of aromatic nitrogens is 1. The minimum atomic E-state index is -4.70. The maximum atomic E-state index is 12.9. The minimum absolute atomic E-state index is 0.0324. The van der Waals surface area contributed by atoms with Gasteiger partial charge < -0.3 is 14.4 Å². The SMILES string of the molecule is Cc1nc(COc2ccc(C(=O)N3CCN(Cc4ccc(OC(F)(F)F)cc4)CC3)cc2)cs1. The number of aryl methyl sites for hydroxylation is 1. The second kappa shape index (κ2) is 10.4. The van der Waals surface area contributed by atoms with Crippen LogP contribution in [0.3, 0.4) is 0 Å². The summed E-state index contributed by atoms with van der Waals surface area (Å²) in [6.07, 6.45) is -4.70. The summed E-state index contributed by atoms with van der Waals surface area (Å²) in [5, 5.41) is 2.96. The zero-order valence-electron chi connectivity index (χ0n) is 18.5. The molecule has 0 unspecified atom stereocenters. The molecular formula is C24H24F3N3O3S. The van der Waals surface area contributed by atoms with Gasteiger partial charge in [-0.1, -0.05) is 12.1 Å². The van der Waals surface area contributed by atoms with Crippen LogP contribution >= 0.6 is 11.3 Å². The molecule has 0 aliphatic carbocycles. The maximum Gasteiger partial charge on any atom is 0.573 e. The molecule has 0 atom stereocenters. The lowest BCUT2D eigenvalue weighted by atomic mass is 10.1. The zero-order chi connectivity index (χ0) is 24.1. The Morgan fingerprint density at radius 2 is 1.65 bits per heavy atom. The molecule has 6 nitrogen and oxygen atoms in total. The molecule has 4 rings (SSSR count). The number of rotatable bonds is 7. The Bertz CT molecular complexity index is 1090. The predicted octanol–water partition coefficient (Wildman–Crippen LogP) is 4.89. The third-order valence-corrected chi connectivity index (χ3v) is 6.20. The third kappa shape index (κ3) is 6.71. The van der Waals surface area contributed by atoms with Crippen molar-refractivity contribution in [1.82, 2.24) is 14.8 Å². The predicted molar refractivity (Wildman–Crippen MR) is 122 cm³/mol. The van der Waals surface area contributed by atoms with E-state index in [1.807, 2.05) is 17.2 Å². The fraction of sp³-hybridized carbons (Fsp3) is 0.333. The van der Waals surface area contributed by atoms with Gasteiger partial charge in [-0.25, -0.2) is 4.98 Å². The van der Waals surface area contributed by atoms with Crippen molar-refractivity contribution >= 4 is 17.2 Å². The molecule has 0 radical (unpaired) electrons. The fourth-order valence-electron chi connectivity index (χ4n) is 3.67. The van der Waals surface area contributed by atoms with Gasteiger partial charge in [0.05, 0.1) is 10.7 Å². The number of amides is 1. The molecule has 0 N–H and O–H groups in total. The van der Waals surface area contributed by atoms with Crippen LogP contribution < -0.4 is 9.47 Å². The zero-order valence-corrected chi connectivity index (χ0v) is 19.4. The summed E-state index contributed by atoms with van der Waals surface area (Å²) >= 11 is 1.58. The smallest absolute Gasteiger partial charge is 0.487 e. The van der Waals surface area contributed by atoms with Gasteiger partial charge in [0.2, 0.25) is 0 Å². The molecule has 0 bridgehead atoms. The van der Waals surface area contributed by atoms with Gasteiger partial charge >= 0.3 is 6.36 Å². The summed E-state index contributed by atoms with van der Waals surface area (Å²) in [7, 11) is 0. The van der Waals surface area contributed by atoms with E-state index in [-0.39, 0.29) is 11.7 Å². The first-order valence-corrected chi connectivity index (χ1v) is 11.6. The van der Waals surface area contributed by atoms with Crippen LogP contribution in [0.2, 0.25) is 0 Å². The lowest BCUT2D eigenvalue weighted by molar-refractivity contribution is -0.274. The van der Waals surface area contributed by atoms with E-state index in [4.69, 9.17) is 4.74 Å². The first-order chi connectivity index (χ1) is 16.2. The molecule has 3 aromatic rings. The van der Waals surface area contributed by atoms with Gasteiger partial charge in [-0.2, -0.15) is 0 Å². The van der Waals surface area contributed by atoms with E-state index in [2.05, 4.69) is 14.6 Å². The first-order valence-electron chi connectivity index (χ1n) is 10.8. The number of thiazole rings is 1. The van der Waals surface area contributed by atoms with Crippen molar-refractivity contribution in [3.05, 3.63) is 75.7 Å². The van der Waals surface area contributed by atoms with Crippen LogP contribution in [0.5, 0.6) is 11.5 Å². The van der Waals surface area contributed by atoms with E-state index in [9.17, 15) is 18.0 Å². The molecule has 2 heterocycles. The summed E-state index contributed by atoms with van der Waals surface area (Å²) in [6, 6.07) is 13.0. The van der Waals surface area contributed by atoms with Gasteiger partial charge in [0, 0.05) is 43.7 Å². The van der Waals surface area contributed by atoms with Crippen LogP contribution in [0.15, 0.2) is 53.9 Å². The van der Waals surface area contributed by atoms with Crippen LogP contribution in [0, 0.1) is 6.92 Å². The van der Waals surface area contributed by atoms with Gasteiger partial charge in [0.15, 0.2) is 0 Å². The fourth-order valence-corrected chi connectivity index (χ4v) is 4.27. The highest BCUT2D eigenvalue weighted by Gasteiger charge is 2.31. The molecule has 34 heavy (non-hydrogen) atoms. The molecule has 2 aromatic carbocycles. The van der Waals surface area contributed by atoms with Crippen LogP contribution in [-0.2, 0) is 13.2 Å². The van der Waals surface area contributed by atoms with Crippen LogP contribution in [0.1, 0.15) is 26.6 Å². The van der Waals surface area contributed by atoms with E-state index in [1.54, 1.807) is 47.7 Å². The third-order valence-electron chi connectivity index (χ3n) is 5.38. The van der Waals surface area contributed by atoms with Crippen molar-refractivity contribution in [3.63, 3.8) is 0 Å². The van der Waals surface area contributed by atoms with E-state index in [0.29, 0.717) is 50.6 Å². The Balaban J connectivity index is 1.24. The molecule has 1 aromatic heterocycles. The van der Waals surface area contributed by atoms with Crippen LogP contribution in [0.25, 0.3) is 0 Å². The molecule has 1 fully saturated rings. The Labute approximate surface area is 199 Å². The highest BCUT2D eigenvalue weighted by molar-refractivity contribution is 7.09. The van der Waals surface area contributed by atoms with Crippen molar-refractivity contribution < 1.29 is 27.4 Å². The van der Waals surface area contributed by atoms with Crippen molar-refractivity contribution in [2.24, 2.45) is 0 Å². The molecular weight excluding hydrogens is 467 g/mol. The molecule has 1 aliphatic rings. The van der Waals surface area contributed by atoms with Gasteiger partial charge in [0.1, 0.15) is 18.1 Å². The Kier molecular flexibility index (Phi) is 7.38. The molecule has 0 saturated carbocycles. The Morgan fingerprint density at radius 3 is 2.24 bits per heavy atom. The van der Waals surface area contributed by atoms with Crippen LogP contribution in [-0.4, -0.2) is 53.2 Å². The maximum absolute atomic E-state index is 12.9. The highest BCUT2D eigenvalue weighted by atomic mass is 32.1. The highest BCUT2D eigenvalue weighted by Crippen LogP contribution is 2.23. The summed E-state index contributed by atoms with van der Waals surface area (Å²) in [5.41, 5.74) is 2.37. The van der Waals surface area contributed by atoms with Crippen molar-refractivity contribution in [3.8, 4) is 11.5 Å². The summed E-state index contributed by atoms with van der Waals surface area (Å²) < 4.78 is 46.5. The minimum Gasteiger partial charge on any atom is -0.487 e. The summed E-state index contributed by atoms with van der Waals surface area (Å²) in [4.78, 5) is 21.2. The lowest BCUT2D eigenvalue weighted by Gasteiger charge is -2.34. The van der Waals surface area contributed by atoms with Gasteiger partial charge in [-0.3, -0.25) is 9.69 Å². The number of nitrogens with zero attached hydrogens (tertiary/aromatic N) is 3. The number of hydrogen-bond acceptors (Lipinski definition) is 6. The first kappa shape index (κ1) is 24.0. The number of alkyl halides is 3. The molecule has 1 saturated heterocycles. The molecule has 10 heteroatoms. The monoisotopic (exact) mass is 491 g/mol. The molecule has 180 valence electrons. The number of halogens is 3. The molecule has 1 aliphatic heterocycles. The van der Waals surface area contributed by atoms with Gasteiger partial charge in [0.25, 0.3) is 5.91 Å². The topological polar surface area (TPSA) is 54.9 Å². The largest absolute Gasteiger partial charge is 0.573 e. The summed E-state index contributed by atoms with van der Waals surface area (Å²) in [5.74, 6) is 0.412. The van der Waals surface area contributed by atoms with E-state index in [1.165, 1.54) is 12.1 Å². The molecule has 0 spiro atoms. The quantitative estimate of drug-likeness (QED) is 0.471. The average Bonchev–Trinajstić information content (AvgIpc) is 3.23. The Morgan fingerprint density at radius 1 is 1.00 bits per heavy atom. The van der Waals surface area contributed by atoms with E-state index in [0.717, 1.165) is 16.3 Å². The van der Waals surface area contributed by atoms with Gasteiger partial charge in [-0.05, 0) is 48.9 Å². The normalized spacial score (nSPS) is 14.8. The van der Waals surface area contributed by atoms with Crippen molar-refractivity contribution in [2.75, 3.05) is 26.2 Å². The number of carbonyl (C=O) groups excluding carboxylic acids is 1. The Hall–Kier alpha value is -3.11. The number of ether oxygens (including phenoxy) is 2. The van der Waals surface area contributed by atoms with Crippen molar-refractivity contribution in [2.45, 2.75) is 26.4 Å². The number of carbonyl (C=O) groups is 1. The second-order valence-corrected chi connectivity index (χ2v) is 8.99. The van der Waals surface area contributed by atoms with Crippen molar-refractivity contribution in [1.29, 1.82) is 0 Å². The second-order valence-electron chi connectivity index (χ2n) is 7.93. The number of piperazine rings is 1. The van der Waals surface area contributed by atoms with Crippen LogP contribution in [0.4, 0.5) is 13.2 Å². The number of hydrogen-bond donors (Lipinski definition) is 0.